The van der Waals surface area contributed by atoms with Crippen molar-refractivity contribution < 1.29 is 13.9 Å². The molecule has 5 heteroatoms. The van der Waals surface area contributed by atoms with E-state index in [1.54, 1.807) is 12.1 Å². The van der Waals surface area contributed by atoms with Crippen molar-refractivity contribution in [3.8, 4) is 5.75 Å². The second-order valence-corrected chi connectivity index (χ2v) is 9.77. The van der Waals surface area contributed by atoms with Crippen molar-refractivity contribution in [1.29, 1.82) is 0 Å². The highest BCUT2D eigenvalue weighted by Gasteiger charge is 2.54. The lowest BCUT2D eigenvalue weighted by Crippen LogP contribution is -2.57. The monoisotopic (exact) mass is 409 g/mol. The molecule has 1 aromatic carbocycles. The first-order chi connectivity index (χ1) is 14.5. The molecule has 5 nitrogen and oxygen atoms in total. The van der Waals surface area contributed by atoms with Gasteiger partial charge in [-0.15, -0.1) is 0 Å². The average Bonchev–Trinajstić information content (AvgIpc) is 2.71. The Bertz CT molecular complexity index is 988. The zero-order chi connectivity index (χ0) is 20.9. The van der Waals surface area contributed by atoms with Gasteiger partial charge in [0, 0.05) is 11.4 Å². The van der Waals surface area contributed by atoms with Crippen LogP contribution in [0.4, 0.5) is 0 Å². The van der Waals surface area contributed by atoms with Crippen LogP contribution < -0.4 is 15.7 Å². The Labute approximate surface area is 177 Å². The molecule has 6 rings (SSSR count). The second-order valence-electron chi connectivity index (χ2n) is 9.77. The van der Waals surface area contributed by atoms with E-state index < -0.39 is 5.63 Å². The number of hydrogen-bond acceptors (Lipinski definition) is 4. The van der Waals surface area contributed by atoms with E-state index in [0.29, 0.717) is 23.3 Å². The number of rotatable bonds is 6. The minimum atomic E-state index is -0.604. The van der Waals surface area contributed by atoms with Gasteiger partial charge in [0.25, 0.3) is 5.91 Å². The van der Waals surface area contributed by atoms with E-state index in [1.807, 2.05) is 19.1 Å². The zero-order valence-corrected chi connectivity index (χ0v) is 17.9. The largest absolute Gasteiger partial charge is 0.490 e. The van der Waals surface area contributed by atoms with Crippen LogP contribution >= 0.6 is 0 Å². The fraction of sp³-hybridized carbons (Fsp3) is 0.600. The minimum Gasteiger partial charge on any atom is -0.490 e. The van der Waals surface area contributed by atoms with Gasteiger partial charge < -0.3 is 14.5 Å². The molecule has 4 bridgehead atoms. The van der Waals surface area contributed by atoms with Gasteiger partial charge in [-0.2, -0.15) is 0 Å². The van der Waals surface area contributed by atoms with Gasteiger partial charge >= 0.3 is 5.63 Å². The Hall–Kier alpha value is -2.30. The van der Waals surface area contributed by atoms with E-state index in [-0.39, 0.29) is 22.9 Å². The van der Waals surface area contributed by atoms with Gasteiger partial charge in [0.15, 0.2) is 11.3 Å². The van der Waals surface area contributed by atoms with Crippen molar-refractivity contribution in [2.24, 2.45) is 23.2 Å². The van der Waals surface area contributed by atoms with Crippen molar-refractivity contribution >= 4 is 16.9 Å². The maximum absolute atomic E-state index is 13.2. The van der Waals surface area contributed by atoms with Gasteiger partial charge in [0.1, 0.15) is 5.56 Å². The predicted molar refractivity (Wildman–Crippen MR) is 116 cm³/mol. The first kappa shape index (κ1) is 19.7. The molecule has 1 amide bonds. The smallest absolute Gasteiger partial charge is 0.349 e. The molecule has 1 heterocycles. The minimum absolute atomic E-state index is 0.0827. The molecule has 160 valence electrons. The summed E-state index contributed by atoms with van der Waals surface area (Å²) < 4.78 is 11.1. The molecule has 0 radical (unpaired) electrons. The van der Waals surface area contributed by atoms with Crippen LogP contribution in [0.25, 0.3) is 11.0 Å². The summed E-state index contributed by atoms with van der Waals surface area (Å²) in [6.45, 7) is 4.52. The van der Waals surface area contributed by atoms with E-state index >= 15 is 0 Å². The number of carbonyl (C=O) groups excluding carboxylic acids is 1. The number of amides is 1. The molecule has 30 heavy (non-hydrogen) atoms. The van der Waals surface area contributed by atoms with Crippen LogP contribution in [0, 0.1) is 23.2 Å². The van der Waals surface area contributed by atoms with Crippen molar-refractivity contribution in [2.45, 2.75) is 64.8 Å². The van der Waals surface area contributed by atoms with Crippen LogP contribution in [-0.4, -0.2) is 18.6 Å². The zero-order valence-electron chi connectivity index (χ0n) is 17.9. The molecule has 0 saturated heterocycles. The van der Waals surface area contributed by atoms with E-state index in [2.05, 4.69) is 12.2 Å². The van der Waals surface area contributed by atoms with Gasteiger partial charge in [0.05, 0.1) is 6.61 Å². The van der Waals surface area contributed by atoms with Crippen LogP contribution in [0.3, 0.4) is 0 Å². The number of fused-ring (bicyclic) bond motifs is 1. The van der Waals surface area contributed by atoms with Crippen molar-refractivity contribution in [2.75, 3.05) is 6.61 Å². The van der Waals surface area contributed by atoms with Gasteiger partial charge in [-0.1, -0.05) is 19.1 Å². The number of benzene rings is 1. The Morgan fingerprint density at radius 1 is 1.17 bits per heavy atom. The molecule has 0 aliphatic heterocycles. The topological polar surface area (TPSA) is 68.5 Å². The molecular formula is C25H31NO4. The van der Waals surface area contributed by atoms with E-state index in [0.717, 1.165) is 24.2 Å². The fourth-order valence-electron chi connectivity index (χ4n) is 7.07. The molecule has 2 aromatic rings. The maximum Gasteiger partial charge on any atom is 0.349 e. The lowest BCUT2D eigenvalue weighted by molar-refractivity contribution is -0.0727. The second kappa shape index (κ2) is 7.44. The number of carbonyl (C=O) groups is 1. The van der Waals surface area contributed by atoms with E-state index in [9.17, 15) is 9.59 Å². The van der Waals surface area contributed by atoms with Gasteiger partial charge in [0.2, 0.25) is 0 Å². The first-order valence-electron chi connectivity index (χ1n) is 11.5. The Morgan fingerprint density at radius 3 is 2.43 bits per heavy atom. The fourth-order valence-corrected chi connectivity index (χ4v) is 7.07. The Morgan fingerprint density at radius 2 is 1.83 bits per heavy atom. The normalized spacial score (nSPS) is 30.4. The van der Waals surface area contributed by atoms with E-state index in [4.69, 9.17) is 9.15 Å². The molecule has 0 unspecified atom stereocenters. The number of nitrogens with one attached hydrogen (secondary N) is 1. The molecule has 0 spiro atoms. The Kier molecular flexibility index (Phi) is 4.87. The average molecular weight is 410 g/mol. The first-order valence-corrected chi connectivity index (χ1v) is 11.5. The molecule has 1 aromatic heterocycles. The molecule has 4 saturated carbocycles. The van der Waals surface area contributed by atoms with Crippen LogP contribution in [0.2, 0.25) is 0 Å². The highest BCUT2D eigenvalue weighted by atomic mass is 16.5. The highest BCUT2D eigenvalue weighted by molar-refractivity contribution is 5.97. The van der Waals surface area contributed by atoms with Crippen molar-refractivity contribution in [1.82, 2.24) is 5.32 Å². The van der Waals surface area contributed by atoms with Gasteiger partial charge in [-0.25, -0.2) is 4.79 Å². The van der Waals surface area contributed by atoms with Crippen LogP contribution in [0.5, 0.6) is 5.75 Å². The predicted octanol–water partition coefficient (Wildman–Crippen LogP) is 4.92. The van der Waals surface area contributed by atoms with Gasteiger partial charge in [-0.05, 0) is 87.2 Å². The third kappa shape index (κ3) is 3.23. The Balaban J connectivity index is 1.42. The molecule has 4 aliphatic rings. The van der Waals surface area contributed by atoms with Gasteiger partial charge in [-0.3, -0.25) is 4.79 Å². The summed E-state index contributed by atoms with van der Waals surface area (Å²) >= 11 is 0. The quantitative estimate of drug-likeness (QED) is 0.688. The van der Waals surface area contributed by atoms with Crippen LogP contribution in [0.1, 0.15) is 69.2 Å². The number of ether oxygens (including phenoxy) is 1. The molecule has 4 aliphatic carbocycles. The maximum atomic E-state index is 13.2. The summed E-state index contributed by atoms with van der Waals surface area (Å²) in [7, 11) is 0. The summed E-state index contributed by atoms with van der Waals surface area (Å²) in [6.07, 6.45) is 8.69. The number of hydrogen-bond donors (Lipinski definition) is 1. The van der Waals surface area contributed by atoms with Crippen molar-refractivity contribution in [3.05, 3.63) is 40.2 Å². The lowest BCUT2D eigenvalue weighted by Gasteiger charge is -2.59. The lowest BCUT2D eigenvalue weighted by atomic mass is 9.47. The summed E-state index contributed by atoms with van der Waals surface area (Å²) in [5.74, 6) is 2.69. The molecule has 4 fully saturated rings. The summed E-state index contributed by atoms with van der Waals surface area (Å²) in [4.78, 5) is 25.8. The number of para-hydroxylation sites is 1. The molecule has 1 atom stereocenters. The highest BCUT2D eigenvalue weighted by Crippen LogP contribution is 2.61. The molecular weight excluding hydrogens is 378 g/mol. The summed E-state index contributed by atoms with van der Waals surface area (Å²) in [5.41, 5.74) is 0.0825. The summed E-state index contributed by atoms with van der Waals surface area (Å²) in [5, 5.41) is 3.96. The van der Waals surface area contributed by atoms with Crippen LogP contribution in [0.15, 0.2) is 33.5 Å². The third-order valence-corrected chi connectivity index (χ3v) is 7.81. The van der Waals surface area contributed by atoms with E-state index in [1.165, 1.54) is 38.5 Å². The standard InChI is InChI=1S/C25H31NO4/c1-3-21(25-12-15-8-16(13-25)10-17(9-15)14-25)26-23(27)19-11-18-6-5-7-20(29-4-2)22(18)30-24(19)28/h5-7,11,15-17,21H,3-4,8-10,12-14H2,1-2H3,(H,26,27)/t15?,16?,17?,21-,25?/m1/s1. The van der Waals surface area contributed by atoms with Crippen LogP contribution in [-0.2, 0) is 0 Å². The SMILES string of the molecule is CCOc1cccc2cc(C(=O)N[C@H](CC)C34CC5CC(CC(C5)C3)C4)c(=O)oc12. The van der Waals surface area contributed by atoms with Crippen molar-refractivity contribution in [3.63, 3.8) is 0 Å². The third-order valence-electron chi connectivity index (χ3n) is 7.81. The summed E-state index contributed by atoms with van der Waals surface area (Å²) in [6, 6.07) is 7.22. The molecule has 1 N–H and O–H groups in total.